The van der Waals surface area contributed by atoms with Gasteiger partial charge in [-0.25, -0.2) is 0 Å². The Morgan fingerprint density at radius 3 is 2.55 bits per heavy atom. The molecule has 0 aliphatic heterocycles. The summed E-state index contributed by atoms with van der Waals surface area (Å²) in [6.07, 6.45) is 6.53. The van der Waals surface area contributed by atoms with Crippen LogP contribution in [0.25, 0.3) is 0 Å². The predicted molar refractivity (Wildman–Crippen MR) is 88.5 cm³/mol. The zero-order valence-electron chi connectivity index (χ0n) is 13.1. The molecule has 1 nitrogen and oxygen atoms in total. The number of rotatable bonds is 6. The molecule has 1 aliphatic rings. The quantitative estimate of drug-likeness (QED) is 0.778. The molecule has 112 valence electrons. The molecular weight excluding hydrogens is 266 g/mol. The van der Waals surface area contributed by atoms with Crippen molar-refractivity contribution in [3.8, 4) is 0 Å². The van der Waals surface area contributed by atoms with Gasteiger partial charge in [0.05, 0.1) is 0 Å². The van der Waals surface area contributed by atoms with Crippen molar-refractivity contribution in [1.82, 2.24) is 5.32 Å². The predicted octanol–water partition coefficient (Wildman–Crippen LogP) is 5.00. The number of nitrogens with one attached hydrogen (secondary N) is 1. The molecule has 1 saturated carbocycles. The summed E-state index contributed by atoms with van der Waals surface area (Å²) in [4.78, 5) is 0. The first kappa shape index (κ1) is 15.9. The molecule has 1 aromatic carbocycles. The minimum absolute atomic E-state index is 0.424. The maximum Gasteiger partial charge on any atom is 0.0440 e. The lowest BCUT2D eigenvalue weighted by atomic mass is 9.79. The van der Waals surface area contributed by atoms with Crippen LogP contribution >= 0.6 is 11.6 Å². The van der Waals surface area contributed by atoms with Gasteiger partial charge >= 0.3 is 0 Å². The topological polar surface area (TPSA) is 12.0 Å². The Balaban J connectivity index is 2.04. The molecule has 20 heavy (non-hydrogen) atoms. The van der Waals surface area contributed by atoms with Crippen LogP contribution in [-0.2, 0) is 6.42 Å². The fourth-order valence-corrected chi connectivity index (χ4v) is 3.67. The van der Waals surface area contributed by atoms with E-state index < -0.39 is 0 Å². The lowest BCUT2D eigenvalue weighted by molar-refractivity contribution is 0.273. The van der Waals surface area contributed by atoms with Crippen molar-refractivity contribution in [3.63, 3.8) is 0 Å². The summed E-state index contributed by atoms with van der Waals surface area (Å²) in [5.74, 6) is 0.719. The second-order valence-electron chi connectivity index (χ2n) is 7.00. The van der Waals surface area contributed by atoms with Gasteiger partial charge in [0.15, 0.2) is 0 Å². The van der Waals surface area contributed by atoms with Crippen LogP contribution in [-0.4, -0.2) is 13.1 Å². The fourth-order valence-electron chi connectivity index (χ4n) is 3.37. The molecule has 0 atom stereocenters. The third kappa shape index (κ3) is 4.23. The smallest absolute Gasteiger partial charge is 0.0440 e. The number of hydrogen-bond donors (Lipinski definition) is 1. The molecule has 0 bridgehead atoms. The Kier molecular flexibility index (Phi) is 5.51. The van der Waals surface area contributed by atoms with Crippen LogP contribution in [0.3, 0.4) is 0 Å². The van der Waals surface area contributed by atoms with Gasteiger partial charge in [0, 0.05) is 11.6 Å². The van der Waals surface area contributed by atoms with Gasteiger partial charge in [-0.15, -0.1) is 0 Å². The number of benzene rings is 1. The van der Waals surface area contributed by atoms with E-state index >= 15 is 0 Å². The van der Waals surface area contributed by atoms with E-state index in [1.165, 1.54) is 36.8 Å². The zero-order valence-corrected chi connectivity index (χ0v) is 13.9. The maximum absolute atomic E-state index is 6.43. The molecule has 1 N–H and O–H groups in total. The van der Waals surface area contributed by atoms with E-state index in [2.05, 4.69) is 44.3 Å². The normalized spacial score (nSPS) is 17.9. The fraction of sp³-hybridized carbons (Fsp3) is 0.667. The number of halogens is 1. The summed E-state index contributed by atoms with van der Waals surface area (Å²) in [7, 11) is 0. The van der Waals surface area contributed by atoms with Crippen LogP contribution in [0.5, 0.6) is 0 Å². The molecule has 1 fully saturated rings. The van der Waals surface area contributed by atoms with Crippen molar-refractivity contribution < 1.29 is 0 Å². The average molecular weight is 294 g/mol. The van der Waals surface area contributed by atoms with E-state index in [-0.39, 0.29) is 0 Å². The van der Waals surface area contributed by atoms with Gasteiger partial charge in [-0.2, -0.15) is 0 Å². The third-order valence-electron chi connectivity index (χ3n) is 4.49. The molecule has 2 rings (SSSR count). The lowest BCUT2D eigenvalue weighted by Crippen LogP contribution is -2.35. The second-order valence-corrected chi connectivity index (χ2v) is 7.41. The van der Waals surface area contributed by atoms with E-state index in [1.54, 1.807) is 0 Å². The molecule has 0 radical (unpaired) electrons. The monoisotopic (exact) mass is 293 g/mol. The van der Waals surface area contributed by atoms with Gasteiger partial charge in [0.2, 0.25) is 0 Å². The van der Waals surface area contributed by atoms with Crippen molar-refractivity contribution in [2.24, 2.45) is 11.3 Å². The molecule has 0 unspecified atom stereocenters. The first-order valence-corrected chi connectivity index (χ1v) is 8.34. The van der Waals surface area contributed by atoms with Crippen molar-refractivity contribution in [2.75, 3.05) is 13.1 Å². The molecular formula is C18H28ClN. The molecule has 0 aromatic heterocycles. The first-order chi connectivity index (χ1) is 9.51. The Morgan fingerprint density at radius 1 is 1.25 bits per heavy atom. The Labute approximate surface area is 129 Å². The summed E-state index contributed by atoms with van der Waals surface area (Å²) in [5.41, 5.74) is 3.00. The molecule has 0 heterocycles. The molecule has 0 spiro atoms. The van der Waals surface area contributed by atoms with Crippen LogP contribution in [0.2, 0.25) is 5.02 Å². The second kappa shape index (κ2) is 6.95. The van der Waals surface area contributed by atoms with Gasteiger partial charge < -0.3 is 5.32 Å². The summed E-state index contributed by atoms with van der Waals surface area (Å²) in [6, 6.07) is 6.51. The maximum atomic E-state index is 6.43. The zero-order chi connectivity index (χ0) is 14.6. The third-order valence-corrected chi connectivity index (χ3v) is 4.84. The summed E-state index contributed by atoms with van der Waals surface area (Å²) >= 11 is 6.43. The van der Waals surface area contributed by atoms with Crippen LogP contribution in [0.4, 0.5) is 0 Å². The molecule has 1 aliphatic carbocycles. The summed E-state index contributed by atoms with van der Waals surface area (Å²) < 4.78 is 0. The first-order valence-electron chi connectivity index (χ1n) is 7.96. The average Bonchev–Trinajstić information content (AvgIpc) is 2.81. The van der Waals surface area contributed by atoms with Gasteiger partial charge in [-0.3, -0.25) is 0 Å². The summed E-state index contributed by atoms with van der Waals surface area (Å²) in [6.45, 7) is 8.89. The minimum Gasteiger partial charge on any atom is -0.316 e. The van der Waals surface area contributed by atoms with Crippen LogP contribution in [0, 0.1) is 18.3 Å². The number of aryl methyl sites for hydroxylation is 1. The van der Waals surface area contributed by atoms with Gasteiger partial charge in [0.1, 0.15) is 0 Å². The van der Waals surface area contributed by atoms with Crippen molar-refractivity contribution >= 4 is 11.6 Å². The van der Waals surface area contributed by atoms with E-state index in [9.17, 15) is 0 Å². The Bertz CT molecular complexity index is 433. The SMILES string of the molecule is Cc1ccc(CC2(CNCC(C)C)CCCC2)c(Cl)c1. The van der Waals surface area contributed by atoms with Gasteiger partial charge in [0.25, 0.3) is 0 Å². The standard InChI is InChI=1S/C18H28ClN/c1-14(2)12-20-13-18(8-4-5-9-18)11-16-7-6-15(3)10-17(16)19/h6-7,10,14,20H,4-5,8-9,11-13H2,1-3H3. The van der Waals surface area contributed by atoms with Crippen molar-refractivity contribution in [1.29, 1.82) is 0 Å². The Morgan fingerprint density at radius 2 is 1.95 bits per heavy atom. The van der Waals surface area contributed by atoms with Gasteiger partial charge in [-0.1, -0.05) is 50.4 Å². The largest absolute Gasteiger partial charge is 0.316 e. The van der Waals surface area contributed by atoms with E-state index in [4.69, 9.17) is 11.6 Å². The molecule has 0 amide bonds. The van der Waals surface area contributed by atoms with Gasteiger partial charge in [-0.05, 0) is 61.3 Å². The summed E-state index contributed by atoms with van der Waals surface area (Å²) in [5, 5.41) is 4.62. The Hall–Kier alpha value is -0.530. The highest BCUT2D eigenvalue weighted by atomic mass is 35.5. The van der Waals surface area contributed by atoms with Crippen LogP contribution in [0.15, 0.2) is 18.2 Å². The highest BCUT2D eigenvalue weighted by Crippen LogP contribution is 2.41. The van der Waals surface area contributed by atoms with E-state index in [0.717, 1.165) is 30.5 Å². The van der Waals surface area contributed by atoms with E-state index in [1.807, 2.05) is 0 Å². The van der Waals surface area contributed by atoms with Crippen molar-refractivity contribution in [3.05, 3.63) is 34.3 Å². The van der Waals surface area contributed by atoms with E-state index in [0.29, 0.717) is 5.41 Å². The number of hydrogen-bond acceptors (Lipinski definition) is 1. The van der Waals surface area contributed by atoms with Crippen molar-refractivity contribution in [2.45, 2.75) is 52.9 Å². The highest BCUT2D eigenvalue weighted by Gasteiger charge is 2.34. The lowest BCUT2D eigenvalue weighted by Gasteiger charge is -2.30. The van der Waals surface area contributed by atoms with Crippen LogP contribution in [0.1, 0.15) is 50.7 Å². The van der Waals surface area contributed by atoms with Crippen LogP contribution < -0.4 is 5.32 Å². The highest BCUT2D eigenvalue weighted by molar-refractivity contribution is 6.31. The molecule has 1 aromatic rings. The minimum atomic E-state index is 0.424. The molecule has 2 heteroatoms. The molecule has 0 saturated heterocycles.